The topological polar surface area (TPSA) is 42.0 Å². The van der Waals surface area contributed by atoms with Crippen LogP contribution in [0.15, 0.2) is 48.1 Å². The molecule has 0 spiro atoms. The number of nitrogens with one attached hydrogen (secondary N) is 1. The lowest BCUT2D eigenvalue weighted by molar-refractivity contribution is 0.102. The fourth-order valence-electron chi connectivity index (χ4n) is 1.86. The molecule has 1 amide bonds. The van der Waals surface area contributed by atoms with Crippen LogP contribution in [0, 0.1) is 2.88 Å². The van der Waals surface area contributed by atoms with Gasteiger partial charge in [0.05, 0.1) is 8.45 Å². The zero-order valence-electron chi connectivity index (χ0n) is 9.76. The van der Waals surface area contributed by atoms with Crippen molar-refractivity contribution >= 4 is 56.3 Å². The van der Waals surface area contributed by atoms with Gasteiger partial charge in [-0.1, -0.05) is 12.1 Å². The van der Waals surface area contributed by atoms with Crippen molar-refractivity contribution in [1.29, 1.82) is 0 Å². The molecular formula is C14H9IN2OS. The van der Waals surface area contributed by atoms with Crippen molar-refractivity contribution in [1.82, 2.24) is 4.98 Å². The third-order valence-corrected chi connectivity index (χ3v) is 4.55. The van der Waals surface area contributed by atoms with E-state index in [4.69, 9.17) is 0 Å². The lowest BCUT2D eigenvalue weighted by atomic mass is 10.1. The molecule has 2 heterocycles. The van der Waals surface area contributed by atoms with Crippen LogP contribution < -0.4 is 5.32 Å². The minimum absolute atomic E-state index is 0.0801. The molecule has 0 fully saturated rings. The summed E-state index contributed by atoms with van der Waals surface area (Å²) in [5.74, 6) is -0.0801. The van der Waals surface area contributed by atoms with E-state index in [0.717, 1.165) is 19.3 Å². The number of thiophene rings is 1. The molecule has 19 heavy (non-hydrogen) atoms. The summed E-state index contributed by atoms with van der Waals surface area (Å²) in [5.41, 5.74) is 1.51. The first-order chi connectivity index (χ1) is 9.24. The predicted molar refractivity (Wildman–Crippen MR) is 86.7 cm³/mol. The molecule has 0 atom stereocenters. The Bertz CT molecular complexity index is 749. The van der Waals surface area contributed by atoms with Gasteiger partial charge in [0.2, 0.25) is 0 Å². The Morgan fingerprint density at radius 3 is 3.00 bits per heavy atom. The summed E-state index contributed by atoms with van der Waals surface area (Å²) >= 11 is 3.77. The highest BCUT2D eigenvalue weighted by Crippen LogP contribution is 2.23. The molecule has 0 saturated heterocycles. The van der Waals surface area contributed by atoms with E-state index in [1.165, 1.54) is 0 Å². The normalized spacial score (nSPS) is 10.6. The number of rotatable bonds is 2. The number of carbonyl (C=O) groups excluding carboxylic acids is 1. The van der Waals surface area contributed by atoms with Crippen LogP contribution in [0.4, 0.5) is 5.69 Å². The van der Waals surface area contributed by atoms with Crippen molar-refractivity contribution in [2.45, 2.75) is 0 Å². The number of fused-ring (bicyclic) bond motifs is 1. The first-order valence-electron chi connectivity index (χ1n) is 5.62. The van der Waals surface area contributed by atoms with E-state index in [-0.39, 0.29) is 5.91 Å². The maximum absolute atomic E-state index is 12.1. The molecule has 2 aromatic heterocycles. The number of benzene rings is 1. The van der Waals surface area contributed by atoms with E-state index in [2.05, 4.69) is 32.9 Å². The summed E-state index contributed by atoms with van der Waals surface area (Å²) in [7, 11) is 0. The average Bonchev–Trinajstić information content (AvgIpc) is 2.86. The molecule has 1 aromatic carbocycles. The Morgan fingerprint density at radius 1 is 1.32 bits per heavy atom. The van der Waals surface area contributed by atoms with E-state index < -0.39 is 0 Å². The highest BCUT2D eigenvalue weighted by Gasteiger charge is 2.09. The van der Waals surface area contributed by atoms with Gasteiger partial charge in [0.1, 0.15) is 0 Å². The van der Waals surface area contributed by atoms with Crippen LogP contribution in [0.5, 0.6) is 0 Å². The third kappa shape index (κ3) is 2.62. The monoisotopic (exact) mass is 380 g/mol. The second-order valence-corrected chi connectivity index (χ2v) is 6.80. The standard InChI is InChI=1S/C14H9IN2OS/c15-13-6-10(8-19-13)14(18)17-12-3-1-2-9-7-16-5-4-11(9)12/h1-8H,(H,17,18). The quantitative estimate of drug-likeness (QED) is 0.679. The maximum Gasteiger partial charge on any atom is 0.256 e. The number of hydrogen-bond acceptors (Lipinski definition) is 3. The molecule has 1 N–H and O–H groups in total. The van der Waals surface area contributed by atoms with Crippen molar-refractivity contribution in [3.63, 3.8) is 0 Å². The van der Waals surface area contributed by atoms with E-state index in [1.807, 2.05) is 35.7 Å². The van der Waals surface area contributed by atoms with Gasteiger partial charge >= 0.3 is 0 Å². The summed E-state index contributed by atoms with van der Waals surface area (Å²) in [4.78, 5) is 16.2. The van der Waals surface area contributed by atoms with Gasteiger partial charge in [0.25, 0.3) is 5.91 Å². The molecule has 0 radical (unpaired) electrons. The van der Waals surface area contributed by atoms with Gasteiger partial charge in [-0.05, 0) is 40.8 Å². The number of aromatic nitrogens is 1. The summed E-state index contributed by atoms with van der Waals surface area (Å²) in [6.45, 7) is 0. The van der Waals surface area contributed by atoms with Gasteiger partial charge in [-0.2, -0.15) is 0 Å². The highest BCUT2D eigenvalue weighted by atomic mass is 127. The van der Waals surface area contributed by atoms with Gasteiger partial charge < -0.3 is 5.32 Å². The highest BCUT2D eigenvalue weighted by molar-refractivity contribution is 14.1. The molecule has 0 aliphatic rings. The smallest absolute Gasteiger partial charge is 0.256 e. The van der Waals surface area contributed by atoms with Crippen molar-refractivity contribution in [3.8, 4) is 0 Å². The third-order valence-electron chi connectivity index (χ3n) is 2.76. The van der Waals surface area contributed by atoms with E-state index in [9.17, 15) is 4.79 Å². The Morgan fingerprint density at radius 2 is 2.21 bits per heavy atom. The maximum atomic E-state index is 12.1. The van der Waals surface area contributed by atoms with Crippen molar-refractivity contribution in [2.24, 2.45) is 0 Å². The molecule has 3 aromatic rings. The molecule has 0 unspecified atom stereocenters. The Balaban J connectivity index is 1.95. The number of anilines is 1. The molecule has 3 nitrogen and oxygen atoms in total. The lowest BCUT2D eigenvalue weighted by Gasteiger charge is -2.07. The first-order valence-corrected chi connectivity index (χ1v) is 7.58. The number of pyridine rings is 1. The van der Waals surface area contributed by atoms with Crippen LogP contribution in [0.1, 0.15) is 10.4 Å². The van der Waals surface area contributed by atoms with Crippen molar-refractivity contribution in [2.75, 3.05) is 5.32 Å². The number of hydrogen-bond donors (Lipinski definition) is 1. The van der Waals surface area contributed by atoms with Gasteiger partial charge in [-0.25, -0.2) is 0 Å². The SMILES string of the molecule is O=C(Nc1cccc2cnccc12)c1csc(I)c1. The minimum Gasteiger partial charge on any atom is -0.321 e. The second kappa shape index (κ2) is 5.26. The summed E-state index contributed by atoms with van der Waals surface area (Å²) in [5, 5.41) is 6.83. The molecule has 5 heteroatoms. The first kappa shape index (κ1) is 12.6. The molecule has 0 aliphatic heterocycles. The molecule has 0 saturated carbocycles. The Hall–Kier alpha value is -1.47. The van der Waals surface area contributed by atoms with Crippen molar-refractivity contribution < 1.29 is 4.79 Å². The van der Waals surface area contributed by atoms with Crippen LogP contribution in [-0.2, 0) is 0 Å². The van der Waals surface area contributed by atoms with Gasteiger partial charge in [0, 0.05) is 34.2 Å². The average molecular weight is 380 g/mol. The summed E-state index contributed by atoms with van der Waals surface area (Å²) < 4.78 is 1.10. The summed E-state index contributed by atoms with van der Waals surface area (Å²) in [6, 6.07) is 9.58. The molecule has 0 aliphatic carbocycles. The predicted octanol–water partition coefficient (Wildman–Crippen LogP) is 4.15. The molecular weight excluding hydrogens is 371 g/mol. The molecule has 94 valence electrons. The van der Waals surface area contributed by atoms with E-state index in [1.54, 1.807) is 23.7 Å². The van der Waals surface area contributed by atoms with E-state index >= 15 is 0 Å². The number of nitrogens with zero attached hydrogens (tertiary/aromatic N) is 1. The van der Waals surface area contributed by atoms with Crippen LogP contribution >= 0.6 is 33.9 Å². The van der Waals surface area contributed by atoms with Crippen molar-refractivity contribution in [3.05, 3.63) is 56.6 Å². The van der Waals surface area contributed by atoms with Crippen LogP contribution in [-0.4, -0.2) is 10.9 Å². The van der Waals surface area contributed by atoms with Crippen LogP contribution in [0.2, 0.25) is 0 Å². The lowest BCUT2D eigenvalue weighted by Crippen LogP contribution is -2.11. The zero-order valence-corrected chi connectivity index (χ0v) is 12.7. The summed E-state index contributed by atoms with van der Waals surface area (Å²) in [6.07, 6.45) is 3.52. The number of amides is 1. The van der Waals surface area contributed by atoms with Gasteiger partial charge in [0.15, 0.2) is 0 Å². The number of carbonyl (C=O) groups is 1. The Kier molecular flexibility index (Phi) is 3.48. The van der Waals surface area contributed by atoms with Gasteiger partial charge in [-0.15, -0.1) is 11.3 Å². The second-order valence-electron chi connectivity index (χ2n) is 4.00. The minimum atomic E-state index is -0.0801. The van der Waals surface area contributed by atoms with Gasteiger partial charge in [-0.3, -0.25) is 9.78 Å². The zero-order chi connectivity index (χ0) is 13.2. The van der Waals surface area contributed by atoms with Crippen LogP contribution in [0.25, 0.3) is 10.8 Å². The number of halogens is 1. The molecule has 0 bridgehead atoms. The fourth-order valence-corrected chi connectivity index (χ4v) is 3.18. The van der Waals surface area contributed by atoms with Crippen LogP contribution in [0.3, 0.4) is 0 Å². The van der Waals surface area contributed by atoms with E-state index in [0.29, 0.717) is 5.56 Å². The largest absolute Gasteiger partial charge is 0.321 e. The fraction of sp³-hybridized carbons (Fsp3) is 0. The molecule has 3 rings (SSSR count). The Labute approximate surface area is 127 Å².